The lowest BCUT2D eigenvalue weighted by Gasteiger charge is -2.32. The molecule has 3 heterocycles. The molecule has 0 aromatic heterocycles. The molecule has 0 spiro atoms. The number of carbonyl (C=O) groups excluding carboxylic acids is 2. The summed E-state index contributed by atoms with van der Waals surface area (Å²) < 4.78 is 10.6. The zero-order valence-electron chi connectivity index (χ0n) is 11.8. The molecule has 0 aliphatic carbocycles. The first-order valence-electron chi connectivity index (χ1n) is 7.49. The molecular formula is C14H22N2O4. The molecule has 2 amide bonds. The largest absolute Gasteiger partial charge is 0.381 e. The third kappa shape index (κ3) is 2.81. The number of carbonyl (C=O) groups is 2. The number of likely N-dealkylation sites (tertiary alicyclic amines) is 1. The summed E-state index contributed by atoms with van der Waals surface area (Å²) in [5.41, 5.74) is 0. The molecular weight excluding hydrogens is 260 g/mol. The molecule has 6 nitrogen and oxygen atoms in total. The van der Waals surface area contributed by atoms with Crippen molar-refractivity contribution in [2.75, 3.05) is 46.1 Å². The SMILES string of the molecule is O=C([C@@H]1CC(=O)N(C2CCOCC2)C1)N1CCOCC1. The molecule has 3 saturated heterocycles. The molecule has 3 aliphatic heterocycles. The van der Waals surface area contributed by atoms with E-state index in [1.807, 2.05) is 9.80 Å². The quantitative estimate of drug-likeness (QED) is 0.708. The average Bonchev–Trinajstić information content (AvgIpc) is 2.90. The second-order valence-electron chi connectivity index (χ2n) is 5.73. The second-order valence-corrected chi connectivity index (χ2v) is 5.73. The summed E-state index contributed by atoms with van der Waals surface area (Å²) in [4.78, 5) is 28.4. The van der Waals surface area contributed by atoms with E-state index in [1.165, 1.54) is 0 Å². The van der Waals surface area contributed by atoms with E-state index >= 15 is 0 Å². The fraction of sp³-hybridized carbons (Fsp3) is 0.857. The maximum Gasteiger partial charge on any atom is 0.228 e. The molecule has 0 saturated carbocycles. The van der Waals surface area contributed by atoms with Crippen LogP contribution in [0.4, 0.5) is 0 Å². The molecule has 3 aliphatic rings. The summed E-state index contributed by atoms with van der Waals surface area (Å²) in [5.74, 6) is 0.0863. The van der Waals surface area contributed by atoms with E-state index in [4.69, 9.17) is 9.47 Å². The van der Waals surface area contributed by atoms with Crippen LogP contribution in [0.25, 0.3) is 0 Å². The average molecular weight is 282 g/mol. The minimum absolute atomic E-state index is 0.121. The normalized spacial score (nSPS) is 29.0. The maximum atomic E-state index is 12.4. The van der Waals surface area contributed by atoms with Crippen LogP contribution in [0.15, 0.2) is 0 Å². The third-order valence-corrected chi connectivity index (χ3v) is 4.46. The summed E-state index contributed by atoms with van der Waals surface area (Å²) in [5, 5.41) is 0. The maximum absolute atomic E-state index is 12.4. The van der Waals surface area contributed by atoms with Gasteiger partial charge in [-0.25, -0.2) is 0 Å². The summed E-state index contributed by atoms with van der Waals surface area (Å²) in [6.07, 6.45) is 2.15. The summed E-state index contributed by atoms with van der Waals surface area (Å²) >= 11 is 0. The van der Waals surface area contributed by atoms with Gasteiger partial charge in [0, 0.05) is 45.3 Å². The molecule has 6 heteroatoms. The van der Waals surface area contributed by atoms with Crippen LogP contribution in [0.1, 0.15) is 19.3 Å². The van der Waals surface area contributed by atoms with Gasteiger partial charge >= 0.3 is 0 Å². The number of amides is 2. The van der Waals surface area contributed by atoms with Gasteiger partial charge < -0.3 is 19.3 Å². The van der Waals surface area contributed by atoms with Crippen molar-refractivity contribution in [2.24, 2.45) is 5.92 Å². The molecule has 1 atom stereocenters. The van der Waals surface area contributed by atoms with Crippen molar-refractivity contribution in [3.05, 3.63) is 0 Å². The van der Waals surface area contributed by atoms with Crippen molar-refractivity contribution in [2.45, 2.75) is 25.3 Å². The molecule has 20 heavy (non-hydrogen) atoms. The molecule has 3 rings (SSSR count). The van der Waals surface area contributed by atoms with Crippen molar-refractivity contribution < 1.29 is 19.1 Å². The Hall–Kier alpha value is -1.14. The van der Waals surface area contributed by atoms with Crippen LogP contribution in [0.5, 0.6) is 0 Å². The highest BCUT2D eigenvalue weighted by atomic mass is 16.5. The Morgan fingerprint density at radius 3 is 2.40 bits per heavy atom. The molecule has 0 aromatic rings. The predicted molar refractivity (Wildman–Crippen MR) is 71.1 cm³/mol. The Bertz CT molecular complexity index is 375. The van der Waals surface area contributed by atoms with Crippen LogP contribution in [0, 0.1) is 5.92 Å². The topological polar surface area (TPSA) is 59.1 Å². The number of ether oxygens (including phenoxy) is 2. The van der Waals surface area contributed by atoms with E-state index in [0.717, 1.165) is 26.1 Å². The second kappa shape index (κ2) is 6.10. The van der Waals surface area contributed by atoms with E-state index in [-0.39, 0.29) is 23.8 Å². The molecule has 0 unspecified atom stereocenters. The van der Waals surface area contributed by atoms with E-state index in [1.54, 1.807) is 0 Å². The van der Waals surface area contributed by atoms with Gasteiger partial charge in [-0.3, -0.25) is 9.59 Å². The van der Waals surface area contributed by atoms with Gasteiger partial charge in [0.2, 0.25) is 11.8 Å². The molecule has 3 fully saturated rings. The fourth-order valence-electron chi connectivity index (χ4n) is 3.29. The first kappa shape index (κ1) is 13.8. The van der Waals surface area contributed by atoms with Crippen LogP contribution in [-0.4, -0.2) is 73.7 Å². The van der Waals surface area contributed by atoms with Gasteiger partial charge in [-0.2, -0.15) is 0 Å². The highest BCUT2D eigenvalue weighted by Crippen LogP contribution is 2.26. The molecule has 0 bridgehead atoms. The molecule has 112 valence electrons. The molecule has 0 radical (unpaired) electrons. The molecule has 0 aromatic carbocycles. The van der Waals surface area contributed by atoms with E-state index in [2.05, 4.69) is 0 Å². The van der Waals surface area contributed by atoms with Crippen LogP contribution in [0.3, 0.4) is 0 Å². The Morgan fingerprint density at radius 1 is 1.05 bits per heavy atom. The van der Waals surface area contributed by atoms with Crippen molar-refractivity contribution in [1.29, 1.82) is 0 Å². The first-order chi connectivity index (χ1) is 9.75. The van der Waals surface area contributed by atoms with E-state index in [9.17, 15) is 9.59 Å². The monoisotopic (exact) mass is 282 g/mol. The fourth-order valence-corrected chi connectivity index (χ4v) is 3.29. The Balaban J connectivity index is 1.59. The Kier molecular flexibility index (Phi) is 4.21. The zero-order chi connectivity index (χ0) is 13.9. The van der Waals surface area contributed by atoms with Gasteiger partial charge in [-0.1, -0.05) is 0 Å². The minimum atomic E-state index is -0.163. The summed E-state index contributed by atoms with van der Waals surface area (Å²) in [6, 6.07) is 0.263. The van der Waals surface area contributed by atoms with Crippen molar-refractivity contribution >= 4 is 11.8 Å². The summed E-state index contributed by atoms with van der Waals surface area (Å²) in [6.45, 7) is 4.54. The smallest absolute Gasteiger partial charge is 0.228 e. The third-order valence-electron chi connectivity index (χ3n) is 4.46. The van der Waals surface area contributed by atoms with Crippen LogP contribution < -0.4 is 0 Å². The number of hydrogen-bond acceptors (Lipinski definition) is 4. The number of morpholine rings is 1. The molecule has 0 N–H and O–H groups in total. The van der Waals surface area contributed by atoms with Gasteiger partial charge in [-0.15, -0.1) is 0 Å². The summed E-state index contributed by atoms with van der Waals surface area (Å²) in [7, 11) is 0. The highest BCUT2D eigenvalue weighted by molar-refractivity contribution is 5.89. The van der Waals surface area contributed by atoms with Gasteiger partial charge in [0.15, 0.2) is 0 Å². The van der Waals surface area contributed by atoms with E-state index in [0.29, 0.717) is 39.3 Å². The van der Waals surface area contributed by atoms with Crippen molar-refractivity contribution in [1.82, 2.24) is 9.80 Å². The van der Waals surface area contributed by atoms with Gasteiger partial charge in [0.1, 0.15) is 0 Å². The van der Waals surface area contributed by atoms with Gasteiger partial charge in [0.25, 0.3) is 0 Å². The lowest BCUT2D eigenvalue weighted by Crippen LogP contribution is -2.45. The standard InChI is InChI=1S/C14H22N2O4/c17-13-9-11(14(18)15-3-7-20-8-4-15)10-16(13)12-1-5-19-6-2-12/h11-12H,1-10H2/t11-/m1/s1. The minimum Gasteiger partial charge on any atom is -0.381 e. The van der Waals surface area contributed by atoms with Gasteiger partial charge in [0.05, 0.1) is 19.1 Å². The van der Waals surface area contributed by atoms with Crippen LogP contribution in [0.2, 0.25) is 0 Å². The lowest BCUT2D eigenvalue weighted by molar-refractivity contribution is -0.139. The number of nitrogens with zero attached hydrogens (tertiary/aromatic N) is 2. The van der Waals surface area contributed by atoms with Gasteiger partial charge in [-0.05, 0) is 12.8 Å². The van der Waals surface area contributed by atoms with Crippen molar-refractivity contribution in [3.8, 4) is 0 Å². The Labute approximate surface area is 119 Å². The van der Waals surface area contributed by atoms with E-state index < -0.39 is 0 Å². The zero-order valence-corrected chi connectivity index (χ0v) is 11.8. The van der Waals surface area contributed by atoms with Crippen molar-refractivity contribution in [3.63, 3.8) is 0 Å². The van der Waals surface area contributed by atoms with Crippen LogP contribution >= 0.6 is 0 Å². The first-order valence-corrected chi connectivity index (χ1v) is 7.49. The highest BCUT2D eigenvalue weighted by Gasteiger charge is 2.39. The number of rotatable bonds is 2. The Morgan fingerprint density at radius 2 is 1.70 bits per heavy atom. The number of hydrogen-bond donors (Lipinski definition) is 0. The predicted octanol–water partition coefficient (Wildman–Crippen LogP) is -0.127. The lowest BCUT2D eigenvalue weighted by atomic mass is 10.1. The van der Waals surface area contributed by atoms with Crippen LogP contribution in [-0.2, 0) is 19.1 Å².